The highest BCUT2D eigenvalue weighted by Crippen LogP contribution is 2.23. The smallest absolute Gasteiger partial charge is 0.335 e. The summed E-state index contributed by atoms with van der Waals surface area (Å²) in [4.78, 5) is 38.4. The largest absolute Gasteiger partial charge is 0.379 e. The van der Waals surface area contributed by atoms with Crippen molar-refractivity contribution in [3.63, 3.8) is 0 Å². The van der Waals surface area contributed by atoms with E-state index >= 15 is 0 Å². The number of rotatable bonds is 4. The molecule has 2 saturated heterocycles. The number of carbonyl (C=O) groups is 3. The van der Waals surface area contributed by atoms with Gasteiger partial charge in [0.1, 0.15) is 0 Å². The molecular formula is C17H20N4O4. The molecule has 0 bridgehead atoms. The van der Waals surface area contributed by atoms with E-state index in [1.165, 1.54) is 0 Å². The molecule has 2 aliphatic rings. The van der Waals surface area contributed by atoms with Crippen LogP contribution in [-0.2, 0) is 14.3 Å². The molecule has 0 radical (unpaired) electrons. The number of ether oxygens (including phenoxy) is 1. The van der Waals surface area contributed by atoms with Crippen molar-refractivity contribution in [3.05, 3.63) is 42.1 Å². The minimum absolute atomic E-state index is 0.421. The molecule has 2 fully saturated rings. The number of imide groups is 2. The van der Waals surface area contributed by atoms with Crippen LogP contribution in [0.15, 0.2) is 42.1 Å². The molecule has 1 atom stereocenters. The van der Waals surface area contributed by atoms with Gasteiger partial charge in [0.2, 0.25) is 5.91 Å². The summed E-state index contributed by atoms with van der Waals surface area (Å²) in [5.41, 5.74) is 3.98. The van der Waals surface area contributed by atoms with Crippen LogP contribution in [-0.4, -0.2) is 49.2 Å². The van der Waals surface area contributed by atoms with Crippen LogP contribution in [0.5, 0.6) is 0 Å². The summed E-state index contributed by atoms with van der Waals surface area (Å²) in [6.45, 7) is 4.17. The molecular weight excluding hydrogens is 324 g/mol. The van der Waals surface area contributed by atoms with Crippen molar-refractivity contribution in [1.29, 1.82) is 0 Å². The number of urea groups is 1. The SMILES string of the molecule is C/C=C(/NN1CCOCC1)[C@@H]1C(=O)NC(=O)N(c2ccccc2)C1=O. The van der Waals surface area contributed by atoms with Gasteiger partial charge in [0.05, 0.1) is 18.9 Å². The number of nitrogens with zero attached hydrogens (tertiary/aromatic N) is 2. The average Bonchev–Trinajstić information content (AvgIpc) is 2.62. The van der Waals surface area contributed by atoms with E-state index in [4.69, 9.17) is 4.74 Å². The Hall–Kier alpha value is -2.71. The number of allylic oxidation sites excluding steroid dienone is 1. The minimum atomic E-state index is -1.11. The lowest BCUT2D eigenvalue weighted by atomic mass is 10.00. The monoisotopic (exact) mass is 344 g/mol. The van der Waals surface area contributed by atoms with Gasteiger partial charge in [-0.05, 0) is 19.1 Å². The molecule has 8 nitrogen and oxygen atoms in total. The number of hydrogen-bond acceptors (Lipinski definition) is 6. The second kappa shape index (κ2) is 7.45. The predicted octanol–water partition coefficient (Wildman–Crippen LogP) is 0.626. The van der Waals surface area contributed by atoms with E-state index in [1.54, 1.807) is 43.3 Å². The van der Waals surface area contributed by atoms with Gasteiger partial charge in [-0.3, -0.25) is 14.9 Å². The van der Waals surface area contributed by atoms with Gasteiger partial charge >= 0.3 is 6.03 Å². The third-order valence-electron chi connectivity index (χ3n) is 4.10. The summed E-state index contributed by atoms with van der Waals surface area (Å²) in [5, 5.41) is 4.16. The maximum Gasteiger partial charge on any atom is 0.335 e. The molecule has 3 rings (SSSR count). The lowest BCUT2D eigenvalue weighted by Crippen LogP contribution is -2.60. The van der Waals surface area contributed by atoms with E-state index in [9.17, 15) is 14.4 Å². The van der Waals surface area contributed by atoms with Crippen LogP contribution >= 0.6 is 0 Å². The number of hydrogen-bond donors (Lipinski definition) is 2. The standard InChI is InChI=1S/C17H20N4O4/c1-2-13(19-20-8-10-25-11-9-20)14-15(22)18-17(24)21(16(14)23)12-6-4-3-5-7-12/h2-7,14,19H,8-11H2,1H3,(H,18,22,24)/b13-2+/t14-/m1/s1. The predicted molar refractivity (Wildman–Crippen MR) is 90.2 cm³/mol. The highest BCUT2D eigenvalue weighted by Gasteiger charge is 2.43. The van der Waals surface area contributed by atoms with Crippen LogP contribution in [0.4, 0.5) is 10.5 Å². The van der Waals surface area contributed by atoms with E-state index in [0.717, 1.165) is 4.90 Å². The lowest BCUT2D eigenvalue weighted by molar-refractivity contribution is -0.133. The van der Waals surface area contributed by atoms with E-state index in [-0.39, 0.29) is 0 Å². The summed E-state index contributed by atoms with van der Waals surface area (Å²) in [7, 11) is 0. The molecule has 0 aromatic heterocycles. The second-order valence-electron chi connectivity index (χ2n) is 5.69. The first-order valence-electron chi connectivity index (χ1n) is 8.11. The van der Waals surface area contributed by atoms with Gasteiger partial charge in [-0.2, -0.15) is 0 Å². The van der Waals surface area contributed by atoms with Crippen LogP contribution in [0.3, 0.4) is 0 Å². The number of morpholine rings is 1. The molecule has 1 aromatic carbocycles. The molecule has 2 aliphatic heterocycles. The molecule has 2 N–H and O–H groups in total. The normalized spacial score (nSPS) is 22.8. The highest BCUT2D eigenvalue weighted by molar-refractivity contribution is 6.28. The molecule has 132 valence electrons. The second-order valence-corrected chi connectivity index (χ2v) is 5.69. The van der Waals surface area contributed by atoms with Crippen molar-refractivity contribution in [1.82, 2.24) is 15.8 Å². The summed E-state index contributed by atoms with van der Waals surface area (Å²) in [5.74, 6) is -2.31. The molecule has 1 aromatic rings. The Morgan fingerprint density at radius 3 is 2.52 bits per heavy atom. The molecule has 2 heterocycles. The Morgan fingerprint density at radius 2 is 1.88 bits per heavy atom. The molecule has 0 aliphatic carbocycles. The number of nitrogens with one attached hydrogen (secondary N) is 2. The molecule has 8 heteroatoms. The van der Waals surface area contributed by atoms with Crippen molar-refractivity contribution in [2.45, 2.75) is 6.92 Å². The Morgan fingerprint density at radius 1 is 1.20 bits per heavy atom. The van der Waals surface area contributed by atoms with Crippen LogP contribution in [0.1, 0.15) is 6.92 Å². The van der Waals surface area contributed by atoms with Crippen LogP contribution in [0.25, 0.3) is 0 Å². The first-order valence-corrected chi connectivity index (χ1v) is 8.11. The fraction of sp³-hybridized carbons (Fsp3) is 0.353. The molecule has 25 heavy (non-hydrogen) atoms. The summed E-state index contributed by atoms with van der Waals surface area (Å²) in [6, 6.07) is 7.80. The molecule has 4 amide bonds. The van der Waals surface area contributed by atoms with Gasteiger partial charge in [-0.15, -0.1) is 0 Å². The van der Waals surface area contributed by atoms with Gasteiger partial charge in [0, 0.05) is 18.8 Å². The Labute approximate surface area is 145 Å². The van der Waals surface area contributed by atoms with Gasteiger partial charge in [-0.1, -0.05) is 24.3 Å². The van der Waals surface area contributed by atoms with E-state index in [0.29, 0.717) is 37.7 Å². The van der Waals surface area contributed by atoms with Gasteiger partial charge in [-0.25, -0.2) is 14.7 Å². The Balaban J connectivity index is 1.84. The number of barbiturate groups is 1. The number of para-hydroxylation sites is 1. The minimum Gasteiger partial charge on any atom is -0.379 e. The van der Waals surface area contributed by atoms with Crippen molar-refractivity contribution < 1.29 is 19.1 Å². The summed E-state index contributed by atoms with van der Waals surface area (Å²) < 4.78 is 5.29. The van der Waals surface area contributed by atoms with Crippen LogP contribution in [0.2, 0.25) is 0 Å². The zero-order valence-corrected chi connectivity index (χ0v) is 13.9. The fourth-order valence-corrected chi connectivity index (χ4v) is 2.82. The van der Waals surface area contributed by atoms with Gasteiger partial charge < -0.3 is 10.2 Å². The van der Waals surface area contributed by atoms with Crippen molar-refractivity contribution in [2.75, 3.05) is 31.2 Å². The third-order valence-corrected chi connectivity index (χ3v) is 4.10. The molecule has 0 saturated carbocycles. The first-order chi connectivity index (χ1) is 12.1. The Bertz CT molecular complexity index is 698. The van der Waals surface area contributed by atoms with Crippen molar-refractivity contribution in [3.8, 4) is 0 Å². The zero-order valence-electron chi connectivity index (χ0n) is 13.9. The topological polar surface area (TPSA) is 91.0 Å². The van der Waals surface area contributed by atoms with Crippen molar-refractivity contribution >= 4 is 23.5 Å². The zero-order chi connectivity index (χ0) is 17.8. The van der Waals surface area contributed by atoms with E-state index in [1.807, 2.05) is 5.01 Å². The molecule has 0 spiro atoms. The summed E-state index contributed by atoms with van der Waals surface area (Å²) in [6.07, 6.45) is 1.68. The highest BCUT2D eigenvalue weighted by atomic mass is 16.5. The summed E-state index contributed by atoms with van der Waals surface area (Å²) >= 11 is 0. The first kappa shape index (κ1) is 17.1. The number of amides is 4. The average molecular weight is 344 g/mol. The van der Waals surface area contributed by atoms with Crippen LogP contribution < -0.4 is 15.6 Å². The van der Waals surface area contributed by atoms with Gasteiger partial charge in [0.15, 0.2) is 5.92 Å². The lowest BCUT2D eigenvalue weighted by Gasteiger charge is -2.34. The molecule has 0 unspecified atom stereocenters. The van der Waals surface area contributed by atoms with E-state index in [2.05, 4.69) is 10.7 Å². The van der Waals surface area contributed by atoms with E-state index < -0.39 is 23.8 Å². The maximum absolute atomic E-state index is 12.9. The quantitative estimate of drug-likeness (QED) is 0.779. The number of anilines is 1. The number of hydrazine groups is 1. The van der Waals surface area contributed by atoms with Crippen LogP contribution in [0, 0.1) is 5.92 Å². The maximum atomic E-state index is 12.9. The van der Waals surface area contributed by atoms with Crippen molar-refractivity contribution in [2.24, 2.45) is 5.92 Å². The number of benzene rings is 1. The Kier molecular flexibility index (Phi) is 5.11. The third kappa shape index (κ3) is 3.54. The number of carbonyl (C=O) groups excluding carboxylic acids is 3. The fourth-order valence-electron chi connectivity index (χ4n) is 2.82. The van der Waals surface area contributed by atoms with Gasteiger partial charge in [0.25, 0.3) is 5.91 Å².